The summed E-state index contributed by atoms with van der Waals surface area (Å²) in [5.41, 5.74) is 1.89. The Hall–Kier alpha value is -2.08. The van der Waals surface area contributed by atoms with E-state index in [1.54, 1.807) is 0 Å². The molecular weight excluding hydrogens is 401 g/mol. The van der Waals surface area contributed by atoms with E-state index in [-0.39, 0.29) is 16.7 Å². The number of carbonyl (C=O) groups excluding carboxylic acids is 1. The molecule has 0 spiro atoms. The summed E-state index contributed by atoms with van der Waals surface area (Å²) < 4.78 is 45.0. The van der Waals surface area contributed by atoms with Gasteiger partial charge in [0.1, 0.15) is 12.7 Å². The van der Waals surface area contributed by atoms with Gasteiger partial charge in [-0.3, -0.25) is 10.2 Å². The number of benzene rings is 1. The number of amides is 1. The third-order valence-electron chi connectivity index (χ3n) is 4.06. The number of carbonyl (C=O) groups is 1. The van der Waals surface area contributed by atoms with Gasteiger partial charge in [-0.05, 0) is 30.9 Å². The van der Waals surface area contributed by atoms with Crippen LogP contribution in [0.3, 0.4) is 0 Å². The lowest BCUT2D eigenvalue weighted by molar-refractivity contribution is 0.0722. The third kappa shape index (κ3) is 5.01. The quantitative estimate of drug-likeness (QED) is 0.679. The second kappa shape index (κ2) is 8.30. The van der Waals surface area contributed by atoms with Gasteiger partial charge in [0, 0.05) is 13.2 Å². The minimum absolute atomic E-state index is 0.0602. The fourth-order valence-electron chi connectivity index (χ4n) is 2.67. The van der Waals surface area contributed by atoms with Crippen molar-refractivity contribution in [3.8, 4) is 5.69 Å². The monoisotopic (exact) mass is 417 g/mol. The number of ether oxygens (including phenoxy) is 1. The van der Waals surface area contributed by atoms with E-state index in [1.165, 1.54) is 29.5 Å². The van der Waals surface area contributed by atoms with E-state index >= 15 is 0 Å². The summed E-state index contributed by atoms with van der Waals surface area (Å²) in [7, 11) is -3.78. The van der Waals surface area contributed by atoms with Crippen LogP contribution in [0.1, 0.15) is 23.2 Å². The fourth-order valence-corrected chi connectivity index (χ4v) is 4.17. The van der Waals surface area contributed by atoms with Crippen LogP contribution in [-0.4, -0.2) is 48.1 Å². The highest BCUT2D eigenvalue weighted by atomic mass is 35.5. The van der Waals surface area contributed by atoms with Crippen molar-refractivity contribution >= 4 is 27.5 Å². The maximum atomic E-state index is 14.2. The Morgan fingerprint density at radius 3 is 2.78 bits per heavy atom. The molecule has 2 heterocycles. The Labute approximate surface area is 159 Å². The van der Waals surface area contributed by atoms with Gasteiger partial charge in [-0.1, -0.05) is 11.6 Å². The SMILES string of the molecule is O=C(NNS(=O)(=O)CC1CCOCC1)c1cc(-n2cncn2)cc(Cl)c1F. The van der Waals surface area contributed by atoms with Gasteiger partial charge >= 0.3 is 0 Å². The Balaban J connectivity index is 1.70. The van der Waals surface area contributed by atoms with Crippen LogP contribution in [0.15, 0.2) is 24.8 Å². The van der Waals surface area contributed by atoms with Gasteiger partial charge < -0.3 is 4.74 Å². The molecule has 0 atom stereocenters. The van der Waals surface area contributed by atoms with Crippen LogP contribution in [-0.2, 0) is 14.8 Å². The van der Waals surface area contributed by atoms with Crippen molar-refractivity contribution in [3.63, 3.8) is 0 Å². The molecule has 12 heteroatoms. The largest absolute Gasteiger partial charge is 0.381 e. The van der Waals surface area contributed by atoms with Crippen molar-refractivity contribution in [3.05, 3.63) is 41.2 Å². The van der Waals surface area contributed by atoms with Gasteiger partial charge in [-0.25, -0.2) is 22.5 Å². The highest BCUT2D eigenvalue weighted by molar-refractivity contribution is 7.89. The first-order chi connectivity index (χ1) is 12.9. The van der Waals surface area contributed by atoms with Crippen LogP contribution in [0.5, 0.6) is 0 Å². The Bertz CT molecular complexity index is 917. The lowest BCUT2D eigenvalue weighted by Gasteiger charge is -2.21. The second-order valence-electron chi connectivity index (χ2n) is 6.02. The van der Waals surface area contributed by atoms with E-state index in [4.69, 9.17) is 16.3 Å². The van der Waals surface area contributed by atoms with E-state index < -0.39 is 27.3 Å². The molecule has 2 aromatic rings. The van der Waals surface area contributed by atoms with Crippen LogP contribution in [0.25, 0.3) is 5.69 Å². The van der Waals surface area contributed by atoms with Crippen LogP contribution in [0.4, 0.5) is 4.39 Å². The summed E-state index contributed by atoms with van der Waals surface area (Å²) in [6.45, 7) is 1.01. The lowest BCUT2D eigenvalue weighted by Crippen LogP contribution is -2.44. The zero-order valence-electron chi connectivity index (χ0n) is 14.1. The van der Waals surface area contributed by atoms with Gasteiger partial charge in [0.05, 0.1) is 22.0 Å². The minimum atomic E-state index is -3.78. The number of hydrogen-bond donors (Lipinski definition) is 2. The average molecular weight is 418 g/mol. The van der Waals surface area contributed by atoms with E-state index in [1.807, 2.05) is 10.3 Å². The van der Waals surface area contributed by atoms with E-state index in [0.717, 1.165) is 0 Å². The molecule has 1 amide bonds. The molecule has 1 fully saturated rings. The molecule has 1 aliphatic rings. The maximum Gasteiger partial charge on any atom is 0.269 e. The molecule has 1 aromatic carbocycles. The van der Waals surface area contributed by atoms with Crippen molar-refractivity contribution < 1.29 is 22.3 Å². The first kappa shape index (κ1) is 19.7. The van der Waals surface area contributed by atoms with Crippen LogP contribution >= 0.6 is 11.6 Å². The molecule has 3 rings (SSSR count). The van der Waals surface area contributed by atoms with Gasteiger partial charge in [0.2, 0.25) is 10.0 Å². The van der Waals surface area contributed by atoms with E-state index in [2.05, 4.69) is 10.1 Å². The molecule has 1 aliphatic heterocycles. The predicted octanol–water partition coefficient (Wildman–Crippen LogP) is 1.05. The highest BCUT2D eigenvalue weighted by Gasteiger charge is 2.23. The van der Waals surface area contributed by atoms with E-state index in [9.17, 15) is 17.6 Å². The summed E-state index contributed by atoms with van der Waals surface area (Å²) in [5.74, 6) is -2.16. The van der Waals surface area contributed by atoms with Crippen molar-refractivity contribution in [1.29, 1.82) is 0 Å². The molecule has 146 valence electrons. The first-order valence-corrected chi connectivity index (χ1v) is 10.1. The summed E-state index contributed by atoms with van der Waals surface area (Å²) in [5, 5.41) is 3.57. The molecule has 1 saturated heterocycles. The van der Waals surface area contributed by atoms with Gasteiger partial charge in [0.25, 0.3) is 5.91 Å². The van der Waals surface area contributed by atoms with E-state index in [0.29, 0.717) is 31.7 Å². The van der Waals surface area contributed by atoms with Crippen LogP contribution < -0.4 is 10.3 Å². The summed E-state index contributed by atoms with van der Waals surface area (Å²) in [6, 6.07) is 2.47. The summed E-state index contributed by atoms with van der Waals surface area (Å²) in [4.78, 5) is 18.0. The van der Waals surface area contributed by atoms with Gasteiger partial charge in [-0.15, -0.1) is 4.83 Å². The second-order valence-corrected chi connectivity index (χ2v) is 8.20. The molecule has 0 aliphatic carbocycles. The number of rotatable bonds is 6. The molecule has 0 bridgehead atoms. The predicted molar refractivity (Wildman–Crippen MR) is 94.3 cm³/mol. The number of sulfonamides is 1. The molecule has 1 aromatic heterocycles. The Morgan fingerprint density at radius 2 is 2.11 bits per heavy atom. The maximum absolute atomic E-state index is 14.2. The van der Waals surface area contributed by atoms with Crippen molar-refractivity contribution in [2.24, 2.45) is 5.92 Å². The van der Waals surface area contributed by atoms with Gasteiger partial charge in [-0.2, -0.15) is 5.10 Å². The van der Waals surface area contributed by atoms with Crippen molar-refractivity contribution in [2.45, 2.75) is 12.8 Å². The number of nitrogens with zero attached hydrogens (tertiary/aromatic N) is 3. The normalized spacial score (nSPS) is 15.6. The molecule has 0 unspecified atom stereocenters. The molecule has 0 radical (unpaired) electrons. The highest BCUT2D eigenvalue weighted by Crippen LogP contribution is 2.23. The van der Waals surface area contributed by atoms with Crippen molar-refractivity contribution in [1.82, 2.24) is 25.0 Å². The Kier molecular flexibility index (Phi) is 6.05. The molecule has 2 N–H and O–H groups in total. The van der Waals surface area contributed by atoms with Gasteiger partial charge in [0.15, 0.2) is 5.82 Å². The molecular formula is C15H17ClFN5O4S. The van der Waals surface area contributed by atoms with Crippen LogP contribution in [0, 0.1) is 11.7 Å². The Morgan fingerprint density at radius 1 is 1.37 bits per heavy atom. The van der Waals surface area contributed by atoms with Crippen LogP contribution in [0.2, 0.25) is 5.02 Å². The zero-order chi connectivity index (χ0) is 19.4. The summed E-state index contributed by atoms with van der Waals surface area (Å²) in [6.07, 6.45) is 3.86. The number of hydrogen-bond acceptors (Lipinski definition) is 6. The third-order valence-corrected chi connectivity index (χ3v) is 5.66. The fraction of sp³-hybridized carbons (Fsp3) is 0.400. The number of nitrogens with one attached hydrogen (secondary N) is 2. The standard InChI is InChI=1S/C15H17ClFN5O4S/c16-13-6-11(22-9-18-8-19-22)5-12(14(13)17)15(23)20-21-27(24,25)7-10-1-3-26-4-2-10/h5-6,8-10,21H,1-4,7H2,(H,20,23). The zero-order valence-corrected chi connectivity index (χ0v) is 15.6. The smallest absolute Gasteiger partial charge is 0.269 e. The number of hydrazine groups is 1. The first-order valence-electron chi connectivity index (χ1n) is 8.07. The number of halogens is 2. The molecule has 9 nitrogen and oxygen atoms in total. The molecule has 27 heavy (non-hydrogen) atoms. The minimum Gasteiger partial charge on any atom is -0.381 e. The number of aromatic nitrogens is 3. The molecule has 0 saturated carbocycles. The lowest BCUT2D eigenvalue weighted by atomic mass is 10.0. The topological polar surface area (TPSA) is 115 Å². The summed E-state index contributed by atoms with van der Waals surface area (Å²) >= 11 is 5.83. The van der Waals surface area contributed by atoms with Crippen molar-refractivity contribution in [2.75, 3.05) is 19.0 Å². The average Bonchev–Trinajstić information content (AvgIpc) is 3.17.